The Morgan fingerprint density at radius 1 is 1.25 bits per heavy atom. The van der Waals surface area contributed by atoms with Crippen molar-refractivity contribution in [2.45, 2.75) is 31.9 Å². The summed E-state index contributed by atoms with van der Waals surface area (Å²) in [5, 5.41) is 18.1. The highest BCUT2D eigenvalue weighted by atomic mass is 32.1. The number of carbonyl (C=O) groups is 1. The van der Waals surface area contributed by atoms with Crippen LogP contribution in [0.2, 0.25) is 0 Å². The fraction of sp³-hybridized carbons (Fsp3) is 0.308. The van der Waals surface area contributed by atoms with Gasteiger partial charge in [-0.25, -0.2) is 19.2 Å². The Morgan fingerprint density at radius 3 is 2.75 bits per heavy atom. The van der Waals surface area contributed by atoms with Gasteiger partial charge in [-0.2, -0.15) is 5.26 Å². The number of nitrogens with zero attached hydrogens (tertiary/aromatic N) is 5. The van der Waals surface area contributed by atoms with Gasteiger partial charge in [0.15, 0.2) is 0 Å². The second kappa shape index (κ2) is 10.0. The number of hydrogen-bond acceptors (Lipinski definition) is 7. The van der Waals surface area contributed by atoms with Crippen molar-refractivity contribution in [2.24, 2.45) is 7.05 Å². The lowest BCUT2D eigenvalue weighted by Gasteiger charge is -2.31. The first-order valence-electron chi connectivity index (χ1n) is 11.6. The molecule has 3 aromatic heterocycles. The highest BCUT2D eigenvalue weighted by molar-refractivity contribution is 7.20. The predicted octanol–water partition coefficient (Wildman–Crippen LogP) is 4.70. The molecule has 5 rings (SSSR count). The molecule has 0 bridgehead atoms. The van der Waals surface area contributed by atoms with Gasteiger partial charge in [0.1, 0.15) is 28.0 Å². The molecule has 36 heavy (non-hydrogen) atoms. The molecule has 0 radical (unpaired) electrons. The molecule has 1 aliphatic rings. The number of carboxylic acid groups (broad SMARTS) is 1. The highest BCUT2D eigenvalue weighted by Crippen LogP contribution is 2.30. The zero-order chi connectivity index (χ0) is 25.2. The molecule has 1 fully saturated rings. The molecule has 0 saturated carbocycles. The van der Waals surface area contributed by atoms with Crippen LogP contribution in [0.25, 0.3) is 10.3 Å². The van der Waals surface area contributed by atoms with Crippen molar-refractivity contribution < 1.29 is 19.0 Å². The van der Waals surface area contributed by atoms with Crippen LogP contribution in [0.1, 0.15) is 51.1 Å². The second-order valence-corrected chi connectivity index (χ2v) is 9.88. The third kappa shape index (κ3) is 4.94. The van der Waals surface area contributed by atoms with Crippen molar-refractivity contribution in [1.29, 1.82) is 5.26 Å². The predicted molar refractivity (Wildman–Crippen MR) is 132 cm³/mol. The largest absolute Gasteiger partial charge is 0.477 e. The van der Waals surface area contributed by atoms with Crippen LogP contribution in [0, 0.1) is 17.1 Å². The molecule has 0 amide bonds. The normalized spacial score (nSPS) is 14.7. The van der Waals surface area contributed by atoms with E-state index >= 15 is 0 Å². The Bertz CT molecular complexity index is 1470. The maximum Gasteiger partial charge on any atom is 0.346 e. The van der Waals surface area contributed by atoms with Crippen molar-refractivity contribution in [1.82, 2.24) is 19.4 Å². The van der Waals surface area contributed by atoms with Gasteiger partial charge < -0.3 is 14.4 Å². The van der Waals surface area contributed by atoms with Crippen molar-refractivity contribution in [2.75, 3.05) is 13.1 Å². The summed E-state index contributed by atoms with van der Waals surface area (Å²) in [4.78, 5) is 24.0. The number of piperidine rings is 1. The first-order valence-corrected chi connectivity index (χ1v) is 12.4. The monoisotopic (exact) mass is 505 g/mol. The van der Waals surface area contributed by atoms with Crippen LogP contribution in [0.15, 0.2) is 42.5 Å². The van der Waals surface area contributed by atoms with Crippen molar-refractivity contribution >= 4 is 27.7 Å². The van der Waals surface area contributed by atoms with Crippen LogP contribution in [-0.4, -0.2) is 43.6 Å². The summed E-state index contributed by atoms with van der Waals surface area (Å²) < 4.78 is 21.9. The molecule has 0 unspecified atom stereocenters. The number of rotatable bonds is 7. The van der Waals surface area contributed by atoms with Gasteiger partial charge >= 0.3 is 5.97 Å². The van der Waals surface area contributed by atoms with Gasteiger partial charge in [0, 0.05) is 30.3 Å². The van der Waals surface area contributed by atoms with Gasteiger partial charge in [-0.3, -0.25) is 4.90 Å². The van der Waals surface area contributed by atoms with E-state index < -0.39 is 11.8 Å². The van der Waals surface area contributed by atoms with Gasteiger partial charge in [0.05, 0.1) is 23.7 Å². The number of aromatic nitrogens is 3. The number of halogens is 1. The smallest absolute Gasteiger partial charge is 0.346 e. The van der Waals surface area contributed by atoms with Gasteiger partial charge in [-0.15, -0.1) is 11.3 Å². The van der Waals surface area contributed by atoms with E-state index in [9.17, 15) is 14.3 Å². The average Bonchev–Trinajstić information content (AvgIpc) is 3.43. The molecule has 1 N–H and O–H groups in total. The number of hydrogen-bond donors (Lipinski definition) is 1. The molecule has 0 aliphatic carbocycles. The Labute approximate surface area is 211 Å². The number of nitriles is 1. The third-order valence-electron chi connectivity index (χ3n) is 6.56. The number of aromatic carboxylic acids is 1. The van der Waals surface area contributed by atoms with Crippen molar-refractivity contribution in [3.8, 4) is 11.9 Å². The van der Waals surface area contributed by atoms with Crippen LogP contribution in [0.3, 0.4) is 0 Å². The summed E-state index contributed by atoms with van der Waals surface area (Å²) >= 11 is 1.20. The third-order valence-corrected chi connectivity index (χ3v) is 7.56. The highest BCUT2D eigenvalue weighted by Gasteiger charge is 2.24. The first-order chi connectivity index (χ1) is 17.4. The number of thiophene rings is 1. The number of fused-ring (bicyclic) bond motifs is 1. The molecule has 1 saturated heterocycles. The molecule has 0 spiro atoms. The standard InChI is InChI=1S/C26H24FN5O3S/c1-31-21-12-22(26(33)34)36-25(21)30-23(31)14-32-9-7-17(8-10-32)20-3-2-4-24(29-20)35-15-18-6-5-16(13-28)11-19(18)27/h2-6,11-12,17H,7-10,14-15H2,1H3,(H,33,34). The van der Waals surface area contributed by atoms with E-state index in [2.05, 4.69) is 14.9 Å². The first kappa shape index (κ1) is 23.9. The number of aryl methyl sites for hydroxylation is 1. The molecule has 10 heteroatoms. The van der Waals surface area contributed by atoms with Crippen LogP contribution < -0.4 is 4.74 Å². The second-order valence-electron chi connectivity index (χ2n) is 8.85. The van der Waals surface area contributed by atoms with Crippen LogP contribution >= 0.6 is 11.3 Å². The summed E-state index contributed by atoms with van der Waals surface area (Å²) in [5.74, 6) is 0.292. The summed E-state index contributed by atoms with van der Waals surface area (Å²) in [6, 6.07) is 13.6. The quantitative estimate of drug-likeness (QED) is 0.388. The SMILES string of the molecule is Cn1c(CN2CCC(c3cccc(OCc4ccc(C#N)cc4F)n3)CC2)nc2sc(C(=O)O)cc21. The summed E-state index contributed by atoms with van der Waals surface area (Å²) in [5.41, 5.74) is 2.47. The number of likely N-dealkylation sites (tertiary alicyclic amines) is 1. The maximum atomic E-state index is 14.1. The molecule has 4 heterocycles. The van der Waals surface area contributed by atoms with Gasteiger partial charge in [0.2, 0.25) is 5.88 Å². The summed E-state index contributed by atoms with van der Waals surface area (Å²) in [6.07, 6.45) is 1.89. The molecule has 1 aromatic carbocycles. The minimum atomic E-state index is -0.925. The van der Waals surface area contributed by atoms with E-state index in [1.54, 1.807) is 24.3 Å². The van der Waals surface area contributed by atoms with Gasteiger partial charge in [-0.1, -0.05) is 12.1 Å². The Kier molecular flexibility index (Phi) is 6.67. The molecule has 4 aromatic rings. The van der Waals surface area contributed by atoms with Crippen molar-refractivity contribution in [3.05, 3.63) is 75.8 Å². The molecule has 0 atom stereocenters. The van der Waals surface area contributed by atoms with E-state index in [1.165, 1.54) is 17.4 Å². The van der Waals surface area contributed by atoms with Gasteiger partial charge in [-0.05, 0) is 50.2 Å². The number of ether oxygens (including phenoxy) is 1. The zero-order valence-corrected chi connectivity index (χ0v) is 20.5. The number of imidazole rings is 1. The molecule has 8 nitrogen and oxygen atoms in total. The number of carboxylic acids is 1. The number of pyridine rings is 1. The number of benzene rings is 1. The summed E-state index contributed by atoms with van der Waals surface area (Å²) in [7, 11) is 1.93. The average molecular weight is 506 g/mol. The van der Waals surface area contributed by atoms with Crippen LogP contribution in [0.4, 0.5) is 4.39 Å². The van der Waals surface area contributed by atoms with E-state index in [4.69, 9.17) is 10.00 Å². The van der Waals surface area contributed by atoms with Crippen LogP contribution in [0.5, 0.6) is 5.88 Å². The van der Waals surface area contributed by atoms with Crippen molar-refractivity contribution in [3.63, 3.8) is 0 Å². The molecule has 1 aliphatic heterocycles. The lowest BCUT2D eigenvalue weighted by molar-refractivity contribution is 0.0702. The topological polar surface area (TPSA) is 104 Å². The maximum absolute atomic E-state index is 14.1. The molecular weight excluding hydrogens is 481 g/mol. The Hall–Kier alpha value is -3.81. The lowest BCUT2D eigenvalue weighted by atomic mass is 9.93. The van der Waals surface area contributed by atoms with Gasteiger partial charge in [0.25, 0.3) is 0 Å². The Morgan fingerprint density at radius 2 is 2.06 bits per heavy atom. The fourth-order valence-corrected chi connectivity index (χ4v) is 5.40. The van der Waals surface area contributed by atoms with E-state index in [1.807, 2.05) is 29.8 Å². The molecular formula is C26H24FN5O3S. The zero-order valence-electron chi connectivity index (χ0n) is 19.6. The fourth-order valence-electron chi connectivity index (χ4n) is 4.48. The van der Waals surface area contributed by atoms with E-state index in [0.29, 0.717) is 28.8 Å². The minimum absolute atomic E-state index is 0.0432. The van der Waals surface area contributed by atoms with E-state index in [-0.39, 0.29) is 12.2 Å². The lowest BCUT2D eigenvalue weighted by Crippen LogP contribution is -2.33. The van der Waals surface area contributed by atoms with Crippen LogP contribution in [-0.2, 0) is 20.2 Å². The van der Waals surface area contributed by atoms with E-state index in [0.717, 1.165) is 47.8 Å². The minimum Gasteiger partial charge on any atom is -0.477 e. The Balaban J connectivity index is 1.18. The summed E-state index contributed by atoms with van der Waals surface area (Å²) in [6.45, 7) is 2.55. The molecule has 184 valence electrons.